The smallest absolute Gasteiger partial charge is 0.399 e. The second kappa shape index (κ2) is 5.86. The predicted molar refractivity (Wildman–Crippen MR) is 71.3 cm³/mol. The number of nitrogens with one attached hydrogen (secondary N) is 1. The average molecular weight is 298 g/mol. The van der Waals surface area contributed by atoms with Gasteiger partial charge < -0.3 is 11.1 Å². The third-order valence-corrected chi connectivity index (χ3v) is 2.67. The zero-order valence-electron chi connectivity index (χ0n) is 10.9. The Kier molecular flexibility index (Phi) is 4.15. The Balaban J connectivity index is 1.88. The van der Waals surface area contributed by atoms with E-state index in [1.165, 1.54) is 6.20 Å². The SMILES string of the molecule is Nc1cccc(NC(=O)CCn2ccc(C(F)(F)F)n2)c1. The number of hydrogen-bond acceptors (Lipinski definition) is 3. The largest absolute Gasteiger partial charge is 0.435 e. The van der Waals surface area contributed by atoms with Gasteiger partial charge in [0.1, 0.15) is 0 Å². The van der Waals surface area contributed by atoms with E-state index < -0.39 is 11.9 Å². The third-order valence-electron chi connectivity index (χ3n) is 2.67. The number of benzene rings is 1. The molecule has 0 atom stereocenters. The van der Waals surface area contributed by atoms with E-state index in [-0.39, 0.29) is 18.9 Å². The fourth-order valence-corrected chi connectivity index (χ4v) is 1.69. The van der Waals surface area contributed by atoms with Crippen molar-refractivity contribution in [1.82, 2.24) is 9.78 Å². The van der Waals surface area contributed by atoms with Crippen molar-refractivity contribution in [3.05, 3.63) is 42.2 Å². The van der Waals surface area contributed by atoms with Crippen molar-refractivity contribution in [2.24, 2.45) is 0 Å². The summed E-state index contributed by atoms with van der Waals surface area (Å²) in [6.07, 6.45) is -3.28. The van der Waals surface area contributed by atoms with Crippen molar-refractivity contribution in [3.63, 3.8) is 0 Å². The quantitative estimate of drug-likeness (QED) is 0.852. The number of hydrogen-bond donors (Lipinski definition) is 2. The van der Waals surface area contributed by atoms with Crippen molar-refractivity contribution < 1.29 is 18.0 Å². The van der Waals surface area contributed by atoms with Crippen molar-refractivity contribution in [2.75, 3.05) is 11.1 Å². The number of carbonyl (C=O) groups is 1. The summed E-state index contributed by atoms with van der Waals surface area (Å²) < 4.78 is 38.2. The zero-order chi connectivity index (χ0) is 15.5. The Morgan fingerprint density at radius 1 is 1.33 bits per heavy atom. The maximum atomic E-state index is 12.4. The van der Waals surface area contributed by atoms with E-state index in [9.17, 15) is 18.0 Å². The molecule has 0 aliphatic carbocycles. The molecule has 0 spiro atoms. The summed E-state index contributed by atoms with van der Waals surface area (Å²) in [6, 6.07) is 7.50. The summed E-state index contributed by atoms with van der Waals surface area (Å²) >= 11 is 0. The normalized spacial score (nSPS) is 11.4. The lowest BCUT2D eigenvalue weighted by Gasteiger charge is -2.06. The van der Waals surface area contributed by atoms with Crippen molar-refractivity contribution in [2.45, 2.75) is 19.1 Å². The minimum absolute atomic E-state index is 0.00771. The maximum Gasteiger partial charge on any atom is 0.435 e. The summed E-state index contributed by atoms with van der Waals surface area (Å²) in [4.78, 5) is 11.7. The predicted octanol–water partition coefficient (Wildman–Crippen LogP) is 2.51. The van der Waals surface area contributed by atoms with Gasteiger partial charge in [0, 0.05) is 30.5 Å². The summed E-state index contributed by atoms with van der Waals surface area (Å²) in [5.41, 5.74) is 5.64. The van der Waals surface area contributed by atoms with E-state index in [0.717, 1.165) is 10.7 Å². The van der Waals surface area contributed by atoms with Crippen LogP contribution in [0.3, 0.4) is 0 Å². The molecule has 0 bridgehead atoms. The molecule has 1 aromatic heterocycles. The molecule has 0 fully saturated rings. The molecular weight excluding hydrogens is 285 g/mol. The number of amides is 1. The number of nitrogen functional groups attached to an aromatic ring is 1. The Bertz CT molecular complexity index is 636. The second-order valence-corrected chi connectivity index (χ2v) is 4.39. The van der Waals surface area contributed by atoms with Gasteiger partial charge in [-0.05, 0) is 24.3 Å². The summed E-state index contributed by atoms with van der Waals surface area (Å²) in [5, 5.41) is 5.97. The number of alkyl halides is 3. The number of carbonyl (C=O) groups excluding carboxylic acids is 1. The lowest BCUT2D eigenvalue weighted by atomic mass is 10.2. The lowest BCUT2D eigenvalue weighted by molar-refractivity contribution is -0.141. The fraction of sp³-hybridized carbons (Fsp3) is 0.231. The van der Waals surface area contributed by atoms with E-state index in [1.807, 2.05) is 0 Å². The molecule has 1 aromatic carbocycles. The van der Waals surface area contributed by atoms with Gasteiger partial charge in [-0.15, -0.1) is 0 Å². The molecular formula is C13H13F3N4O. The molecule has 1 amide bonds. The van der Waals surface area contributed by atoms with Gasteiger partial charge in [0.05, 0.1) is 0 Å². The number of aromatic nitrogens is 2. The van der Waals surface area contributed by atoms with Crippen LogP contribution < -0.4 is 11.1 Å². The summed E-state index contributed by atoms with van der Waals surface area (Å²) in [5.74, 6) is -0.329. The van der Waals surface area contributed by atoms with Crippen LogP contribution in [-0.4, -0.2) is 15.7 Å². The standard InChI is InChI=1S/C13H13F3N4O/c14-13(15,16)11-4-6-20(19-11)7-5-12(21)18-10-3-1-2-9(17)8-10/h1-4,6,8H,5,7,17H2,(H,18,21). The molecule has 8 heteroatoms. The summed E-state index contributed by atoms with van der Waals surface area (Å²) in [6.45, 7) is 0.0598. The van der Waals surface area contributed by atoms with E-state index in [2.05, 4.69) is 10.4 Å². The average Bonchev–Trinajstić information content (AvgIpc) is 2.85. The molecule has 0 saturated heterocycles. The Morgan fingerprint density at radius 2 is 2.10 bits per heavy atom. The molecule has 3 N–H and O–H groups in total. The first kappa shape index (κ1) is 14.9. The van der Waals surface area contributed by atoms with Crippen LogP contribution in [0.4, 0.5) is 24.5 Å². The highest BCUT2D eigenvalue weighted by Gasteiger charge is 2.33. The van der Waals surface area contributed by atoms with Gasteiger partial charge in [-0.25, -0.2) is 0 Å². The first-order valence-electron chi connectivity index (χ1n) is 6.10. The van der Waals surface area contributed by atoms with Gasteiger partial charge in [0.2, 0.25) is 5.91 Å². The van der Waals surface area contributed by atoms with Crippen LogP contribution in [0.15, 0.2) is 36.5 Å². The highest BCUT2D eigenvalue weighted by atomic mass is 19.4. The number of nitrogens with two attached hydrogens (primary N) is 1. The number of aryl methyl sites for hydroxylation is 1. The van der Waals surface area contributed by atoms with E-state index in [4.69, 9.17) is 5.73 Å². The van der Waals surface area contributed by atoms with Crippen LogP contribution in [-0.2, 0) is 17.5 Å². The van der Waals surface area contributed by atoms with E-state index >= 15 is 0 Å². The van der Waals surface area contributed by atoms with Gasteiger partial charge in [0.25, 0.3) is 0 Å². The molecule has 112 valence electrons. The maximum absolute atomic E-state index is 12.4. The minimum atomic E-state index is -4.48. The first-order valence-corrected chi connectivity index (χ1v) is 6.10. The fourth-order valence-electron chi connectivity index (χ4n) is 1.69. The highest BCUT2D eigenvalue weighted by molar-refractivity contribution is 5.91. The Labute approximate surface area is 118 Å². The molecule has 5 nitrogen and oxygen atoms in total. The van der Waals surface area contributed by atoms with Crippen LogP contribution in [0.1, 0.15) is 12.1 Å². The summed E-state index contributed by atoms with van der Waals surface area (Å²) in [7, 11) is 0. The number of anilines is 2. The molecule has 2 rings (SSSR count). The van der Waals surface area contributed by atoms with Gasteiger partial charge in [0.15, 0.2) is 5.69 Å². The van der Waals surface area contributed by atoms with Crippen LogP contribution in [0, 0.1) is 0 Å². The molecule has 0 aliphatic heterocycles. The minimum Gasteiger partial charge on any atom is -0.399 e. The van der Waals surface area contributed by atoms with Gasteiger partial charge in [-0.1, -0.05) is 6.07 Å². The number of halogens is 3. The molecule has 0 radical (unpaired) electrons. The van der Waals surface area contributed by atoms with Gasteiger partial charge in [-0.3, -0.25) is 9.48 Å². The molecule has 2 aromatic rings. The third kappa shape index (κ3) is 4.23. The zero-order valence-corrected chi connectivity index (χ0v) is 10.9. The van der Waals surface area contributed by atoms with Crippen LogP contribution >= 0.6 is 0 Å². The molecule has 0 aliphatic rings. The molecule has 0 saturated carbocycles. The topological polar surface area (TPSA) is 72.9 Å². The van der Waals surface area contributed by atoms with Crippen LogP contribution in [0.5, 0.6) is 0 Å². The van der Waals surface area contributed by atoms with Crippen LogP contribution in [0.2, 0.25) is 0 Å². The molecule has 0 unspecified atom stereocenters. The van der Waals surface area contributed by atoms with Crippen molar-refractivity contribution >= 4 is 17.3 Å². The Morgan fingerprint density at radius 3 is 2.71 bits per heavy atom. The monoisotopic (exact) mass is 298 g/mol. The van der Waals surface area contributed by atoms with E-state index in [1.54, 1.807) is 24.3 Å². The van der Waals surface area contributed by atoms with E-state index in [0.29, 0.717) is 11.4 Å². The number of nitrogens with zero attached hydrogens (tertiary/aromatic N) is 2. The Hall–Kier alpha value is -2.51. The lowest BCUT2D eigenvalue weighted by Crippen LogP contribution is -2.15. The van der Waals surface area contributed by atoms with Gasteiger partial charge >= 0.3 is 6.18 Å². The number of rotatable bonds is 4. The molecule has 1 heterocycles. The molecule has 21 heavy (non-hydrogen) atoms. The highest BCUT2D eigenvalue weighted by Crippen LogP contribution is 2.27. The van der Waals surface area contributed by atoms with Crippen molar-refractivity contribution in [3.8, 4) is 0 Å². The van der Waals surface area contributed by atoms with Gasteiger partial charge in [-0.2, -0.15) is 18.3 Å². The van der Waals surface area contributed by atoms with Crippen molar-refractivity contribution in [1.29, 1.82) is 0 Å². The van der Waals surface area contributed by atoms with Crippen LogP contribution in [0.25, 0.3) is 0 Å². The first-order chi connectivity index (χ1) is 9.84. The second-order valence-electron chi connectivity index (χ2n) is 4.39.